The Morgan fingerprint density at radius 3 is 2.83 bits per heavy atom. The smallest absolute Gasteiger partial charge is 0.252 e. The van der Waals surface area contributed by atoms with Crippen molar-refractivity contribution in [3.63, 3.8) is 0 Å². The lowest BCUT2D eigenvalue weighted by atomic mass is 10.1. The van der Waals surface area contributed by atoms with Gasteiger partial charge in [0.15, 0.2) is 0 Å². The van der Waals surface area contributed by atoms with Crippen molar-refractivity contribution < 1.29 is 5.11 Å². The first-order valence-electron chi connectivity index (χ1n) is 5.79. The van der Waals surface area contributed by atoms with Gasteiger partial charge in [-0.15, -0.1) is 0 Å². The molecule has 0 radical (unpaired) electrons. The molecule has 1 aromatic carbocycles. The predicted molar refractivity (Wildman–Crippen MR) is 73.8 cm³/mol. The molecule has 18 heavy (non-hydrogen) atoms. The van der Waals surface area contributed by atoms with E-state index in [-0.39, 0.29) is 18.2 Å². The molecule has 0 saturated heterocycles. The van der Waals surface area contributed by atoms with Gasteiger partial charge in [-0.3, -0.25) is 4.79 Å². The highest BCUT2D eigenvalue weighted by Gasteiger charge is 2.09. The molecule has 0 aliphatic heterocycles. The van der Waals surface area contributed by atoms with Crippen LogP contribution in [0.15, 0.2) is 29.1 Å². The zero-order chi connectivity index (χ0) is 13.3. The Balaban J connectivity index is 2.68. The number of aromatic nitrogens is 1. The second-order valence-corrected chi connectivity index (χ2v) is 4.46. The third kappa shape index (κ3) is 2.17. The Bertz CT molecular complexity index is 634. The van der Waals surface area contributed by atoms with Crippen LogP contribution in [0, 0.1) is 0 Å². The van der Waals surface area contributed by atoms with Gasteiger partial charge in [0.25, 0.3) is 5.56 Å². The number of fused-ring (bicyclic) bond motifs is 1. The molecule has 0 saturated carbocycles. The summed E-state index contributed by atoms with van der Waals surface area (Å²) in [6, 6.07) is 6.80. The highest BCUT2D eigenvalue weighted by atomic mass is 16.3. The van der Waals surface area contributed by atoms with Gasteiger partial charge in [0.1, 0.15) is 0 Å². The van der Waals surface area contributed by atoms with Crippen molar-refractivity contribution in [3.8, 4) is 0 Å². The summed E-state index contributed by atoms with van der Waals surface area (Å²) in [6.45, 7) is 1.84. The standard InChI is InChI=1S/C13H17N3O2/c1-8(7-17)15-11-6-13(18)16(2)12-4-3-9(14)5-10(11)12/h3-6,8,15,17H,7,14H2,1-2H3/t8-/m0/s1. The molecule has 1 heterocycles. The van der Waals surface area contributed by atoms with Gasteiger partial charge in [-0.05, 0) is 25.1 Å². The number of nitrogens with two attached hydrogens (primary N) is 1. The van der Waals surface area contributed by atoms with Crippen molar-refractivity contribution >= 4 is 22.3 Å². The molecule has 0 spiro atoms. The normalized spacial score (nSPS) is 12.6. The molecule has 5 heteroatoms. The maximum Gasteiger partial charge on any atom is 0.252 e. The fraction of sp³-hybridized carbons (Fsp3) is 0.308. The number of benzene rings is 1. The summed E-state index contributed by atoms with van der Waals surface area (Å²) in [5.41, 5.74) is 7.83. The van der Waals surface area contributed by atoms with Crippen molar-refractivity contribution in [2.45, 2.75) is 13.0 Å². The Hall–Kier alpha value is -2.01. The average molecular weight is 247 g/mol. The van der Waals surface area contributed by atoms with Gasteiger partial charge < -0.3 is 20.7 Å². The number of nitrogens with one attached hydrogen (secondary N) is 1. The molecule has 0 amide bonds. The Kier molecular flexibility index (Phi) is 3.25. The summed E-state index contributed by atoms with van der Waals surface area (Å²) in [7, 11) is 1.72. The van der Waals surface area contributed by atoms with E-state index in [1.165, 1.54) is 6.07 Å². The highest BCUT2D eigenvalue weighted by molar-refractivity contribution is 5.93. The van der Waals surface area contributed by atoms with Crippen LogP contribution in [0.2, 0.25) is 0 Å². The lowest BCUT2D eigenvalue weighted by Crippen LogP contribution is -2.23. The van der Waals surface area contributed by atoms with E-state index in [0.29, 0.717) is 11.4 Å². The second-order valence-electron chi connectivity index (χ2n) is 4.46. The Labute approximate surface area is 105 Å². The van der Waals surface area contributed by atoms with Crippen molar-refractivity contribution in [3.05, 3.63) is 34.6 Å². The number of hydrogen-bond donors (Lipinski definition) is 3. The summed E-state index contributed by atoms with van der Waals surface area (Å²) in [5, 5.41) is 13.1. The molecule has 0 fully saturated rings. The van der Waals surface area contributed by atoms with Gasteiger partial charge in [0.2, 0.25) is 0 Å². The molecular formula is C13H17N3O2. The van der Waals surface area contributed by atoms with Crippen LogP contribution in [-0.4, -0.2) is 22.3 Å². The van der Waals surface area contributed by atoms with E-state index in [0.717, 1.165) is 10.9 Å². The first kappa shape index (κ1) is 12.4. The van der Waals surface area contributed by atoms with Crippen LogP contribution in [0.3, 0.4) is 0 Å². The predicted octanol–water partition coefficient (Wildman–Crippen LogP) is 0.913. The molecule has 2 aromatic rings. The summed E-state index contributed by atoms with van der Waals surface area (Å²) in [6.07, 6.45) is 0. The number of nitrogen functional groups attached to an aromatic ring is 1. The first-order chi connectivity index (χ1) is 8.52. The molecule has 4 N–H and O–H groups in total. The van der Waals surface area contributed by atoms with E-state index in [2.05, 4.69) is 5.32 Å². The van der Waals surface area contributed by atoms with E-state index in [1.54, 1.807) is 17.7 Å². The molecule has 0 aliphatic rings. The van der Waals surface area contributed by atoms with E-state index < -0.39 is 0 Å². The van der Waals surface area contributed by atoms with Crippen LogP contribution < -0.4 is 16.6 Å². The summed E-state index contributed by atoms with van der Waals surface area (Å²) >= 11 is 0. The van der Waals surface area contributed by atoms with Crippen molar-refractivity contribution in [1.29, 1.82) is 0 Å². The lowest BCUT2D eigenvalue weighted by molar-refractivity contribution is 0.281. The van der Waals surface area contributed by atoms with Gasteiger partial charge in [-0.25, -0.2) is 0 Å². The number of nitrogens with zero attached hydrogens (tertiary/aromatic N) is 1. The number of aliphatic hydroxyl groups excluding tert-OH is 1. The van der Waals surface area contributed by atoms with Gasteiger partial charge in [0, 0.05) is 35.9 Å². The quantitative estimate of drug-likeness (QED) is 0.704. The molecule has 1 atom stereocenters. The third-order valence-electron chi connectivity index (χ3n) is 2.95. The summed E-state index contributed by atoms with van der Waals surface area (Å²) < 4.78 is 1.57. The van der Waals surface area contributed by atoms with E-state index in [4.69, 9.17) is 10.8 Å². The van der Waals surface area contributed by atoms with Crippen LogP contribution in [0.25, 0.3) is 10.9 Å². The fourth-order valence-electron chi connectivity index (χ4n) is 1.91. The van der Waals surface area contributed by atoms with E-state index >= 15 is 0 Å². The highest BCUT2D eigenvalue weighted by Crippen LogP contribution is 2.24. The zero-order valence-corrected chi connectivity index (χ0v) is 10.5. The minimum Gasteiger partial charge on any atom is -0.399 e. The number of aliphatic hydroxyl groups is 1. The third-order valence-corrected chi connectivity index (χ3v) is 2.95. The van der Waals surface area contributed by atoms with Crippen LogP contribution in [0.4, 0.5) is 11.4 Å². The van der Waals surface area contributed by atoms with Crippen LogP contribution in [0.5, 0.6) is 0 Å². The van der Waals surface area contributed by atoms with Crippen LogP contribution in [-0.2, 0) is 7.05 Å². The van der Waals surface area contributed by atoms with Crippen molar-refractivity contribution in [1.82, 2.24) is 4.57 Å². The SMILES string of the molecule is C[C@@H](CO)Nc1cc(=O)n(C)c2ccc(N)cc12. The molecule has 96 valence electrons. The minimum atomic E-state index is -0.123. The monoisotopic (exact) mass is 247 g/mol. The number of anilines is 2. The van der Waals surface area contributed by atoms with Gasteiger partial charge >= 0.3 is 0 Å². The van der Waals surface area contributed by atoms with Crippen LogP contribution >= 0.6 is 0 Å². The fourth-order valence-corrected chi connectivity index (χ4v) is 1.91. The number of rotatable bonds is 3. The van der Waals surface area contributed by atoms with Crippen molar-refractivity contribution in [2.75, 3.05) is 17.7 Å². The molecule has 2 rings (SSSR count). The molecule has 1 aromatic heterocycles. The van der Waals surface area contributed by atoms with E-state index in [9.17, 15) is 4.79 Å². The molecule has 0 unspecified atom stereocenters. The number of hydrogen-bond acceptors (Lipinski definition) is 4. The number of pyridine rings is 1. The first-order valence-corrected chi connectivity index (χ1v) is 5.79. The zero-order valence-electron chi connectivity index (χ0n) is 10.5. The second kappa shape index (κ2) is 4.70. The lowest BCUT2D eigenvalue weighted by Gasteiger charge is -2.16. The van der Waals surface area contributed by atoms with Gasteiger partial charge in [0.05, 0.1) is 12.1 Å². The minimum absolute atomic E-state index is 0.000973. The molecular weight excluding hydrogens is 230 g/mol. The molecule has 0 aliphatic carbocycles. The Morgan fingerprint density at radius 1 is 1.44 bits per heavy atom. The number of aryl methyl sites for hydroxylation is 1. The largest absolute Gasteiger partial charge is 0.399 e. The summed E-state index contributed by atoms with van der Waals surface area (Å²) in [5.74, 6) is 0. The average Bonchev–Trinajstić information content (AvgIpc) is 2.35. The van der Waals surface area contributed by atoms with E-state index in [1.807, 2.05) is 19.1 Å². The van der Waals surface area contributed by atoms with Crippen molar-refractivity contribution in [2.24, 2.45) is 7.05 Å². The molecule has 0 bridgehead atoms. The van der Waals surface area contributed by atoms with Crippen LogP contribution in [0.1, 0.15) is 6.92 Å². The maximum atomic E-state index is 11.8. The van der Waals surface area contributed by atoms with Gasteiger partial charge in [-0.2, -0.15) is 0 Å². The summed E-state index contributed by atoms with van der Waals surface area (Å²) in [4.78, 5) is 11.8. The molecule has 5 nitrogen and oxygen atoms in total. The topological polar surface area (TPSA) is 80.3 Å². The van der Waals surface area contributed by atoms with Gasteiger partial charge in [-0.1, -0.05) is 0 Å². The maximum absolute atomic E-state index is 11.8. The Morgan fingerprint density at radius 2 is 2.17 bits per heavy atom.